The van der Waals surface area contributed by atoms with Gasteiger partial charge in [-0.25, -0.2) is 0 Å². The van der Waals surface area contributed by atoms with Crippen LogP contribution in [-0.2, 0) is 19.4 Å². The molecule has 0 radical (unpaired) electrons. The molecule has 1 atom stereocenters. The first-order valence-corrected chi connectivity index (χ1v) is 8.21. The summed E-state index contributed by atoms with van der Waals surface area (Å²) in [5, 5.41) is 0. The van der Waals surface area contributed by atoms with Crippen LogP contribution in [0.3, 0.4) is 0 Å². The third kappa shape index (κ3) is 3.54. The summed E-state index contributed by atoms with van der Waals surface area (Å²) in [6, 6.07) is 20.6. The first-order chi connectivity index (χ1) is 10.4. The van der Waals surface area contributed by atoms with Crippen molar-refractivity contribution in [1.82, 2.24) is 4.90 Å². The van der Waals surface area contributed by atoms with Crippen LogP contribution in [0.5, 0.6) is 0 Å². The van der Waals surface area contributed by atoms with E-state index in [4.69, 9.17) is 0 Å². The average molecular weight is 279 g/mol. The van der Waals surface area contributed by atoms with Crippen LogP contribution in [0.4, 0.5) is 0 Å². The monoisotopic (exact) mass is 279 g/mol. The fraction of sp³-hybridized carbons (Fsp3) is 0.400. The number of hydrogen-bond acceptors (Lipinski definition) is 1. The van der Waals surface area contributed by atoms with Gasteiger partial charge in [0.25, 0.3) is 0 Å². The van der Waals surface area contributed by atoms with Crippen molar-refractivity contribution in [2.45, 2.75) is 45.2 Å². The van der Waals surface area contributed by atoms with Crippen LogP contribution in [0.25, 0.3) is 0 Å². The average Bonchev–Trinajstić information content (AvgIpc) is 2.54. The highest BCUT2D eigenvalue weighted by atomic mass is 15.2. The van der Waals surface area contributed by atoms with Gasteiger partial charge in [-0.15, -0.1) is 0 Å². The Morgan fingerprint density at radius 3 is 2.43 bits per heavy atom. The molecule has 1 heterocycles. The Bertz CT molecular complexity index is 561. The van der Waals surface area contributed by atoms with Crippen LogP contribution in [0.1, 0.15) is 36.5 Å². The van der Waals surface area contributed by atoms with Crippen molar-refractivity contribution in [3.8, 4) is 0 Å². The molecule has 21 heavy (non-hydrogen) atoms. The van der Waals surface area contributed by atoms with Crippen molar-refractivity contribution in [3.05, 3.63) is 71.3 Å². The molecule has 0 spiro atoms. The number of benzene rings is 2. The summed E-state index contributed by atoms with van der Waals surface area (Å²) in [7, 11) is 0. The smallest absolute Gasteiger partial charge is 0.0239 e. The molecule has 2 aromatic carbocycles. The first kappa shape index (κ1) is 14.3. The molecule has 0 fully saturated rings. The van der Waals surface area contributed by atoms with E-state index < -0.39 is 0 Å². The quantitative estimate of drug-likeness (QED) is 0.781. The van der Waals surface area contributed by atoms with Crippen molar-refractivity contribution < 1.29 is 0 Å². The summed E-state index contributed by atoms with van der Waals surface area (Å²) in [5.74, 6) is 0. The molecule has 1 aliphatic heterocycles. The highest BCUT2D eigenvalue weighted by Crippen LogP contribution is 2.25. The molecule has 0 unspecified atom stereocenters. The van der Waals surface area contributed by atoms with E-state index in [2.05, 4.69) is 66.4 Å². The molecule has 0 bridgehead atoms. The van der Waals surface area contributed by atoms with E-state index in [1.54, 1.807) is 5.56 Å². The molecule has 0 amide bonds. The predicted molar refractivity (Wildman–Crippen MR) is 89.4 cm³/mol. The summed E-state index contributed by atoms with van der Waals surface area (Å²) in [4.78, 5) is 2.69. The maximum absolute atomic E-state index is 2.69. The molecule has 1 nitrogen and oxygen atoms in total. The summed E-state index contributed by atoms with van der Waals surface area (Å²) < 4.78 is 0. The molecule has 0 saturated carbocycles. The number of rotatable bonds is 5. The largest absolute Gasteiger partial charge is 0.295 e. The van der Waals surface area contributed by atoms with Crippen LogP contribution >= 0.6 is 0 Å². The highest BCUT2D eigenvalue weighted by molar-refractivity contribution is 5.31. The van der Waals surface area contributed by atoms with Gasteiger partial charge in [0.2, 0.25) is 0 Å². The van der Waals surface area contributed by atoms with Gasteiger partial charge in [0.05, 0.1) is 0 Å². The second kappa shape index (κ2) is 6.91. The van der Waals surface area contributed by atoms with Crippen molar-refractivity contribution in [2.24, 2.45) is 0 Å². The Labute approximate surface area is 128 Å². The van der Waals surface area contributed by atoms with Gasteiger partial charge in [-0.2, -0.15) is 0 Å². The number of nitrogens with zero attached hydrogens (tertiary/aromatic N) is 1. The Kier molecular flexibility index (Phi) is 4.72. The van der Waals surface area contributed by atoms with Gasteiger partial charge in [0, 0.05) is 12.6 Å². The lowest BCUT2D eigenvalue weighted by atomic mass is 9.90. The lowest BCUT2D eigenvalue weighted by Gasteiger charge is -2.37. The van der Waals surface area contributed by atoms with Crippen molar-refractivity contribution in [2.75, 3.05) is 6.54 Å². The van der Waals surface area contributed by atoms with Gasteiger partial charge in [-0.3, -0.25) is 4.90 Å². The molecule has 0 N–H and O–H groups in total. The fourth-order valence-corrected chi connectivity index (χ4v) is 3.35. The predicted octanol–water partition coefficient (Wildman–Crippen LogP) is 4.46. The molecule has 3 rings (SSSR count). The fourth-order valence-electron chi connectivity index (χ4n) is 3.35. The number of hydrogen-bond donors (Lipinski definition) is 0. The highest BCUT2D eigenvalue weighted by Gasteiger charge is 2.25. The van der Waals surface area contributed by atoms with E-state index in [9.17, 15) is 0 Å². The van der Waals surface area contributed by atoms with E-state index in [0.29, 0.717) is 6.04 Å². The zero-order valence-corrected chi connectivity index (χ0v) is 13.0. The Morgan fingerprint density at radius 2 is 1.67 bits per heavy atom. The number of fused-ring (bicyclic) bond motifs is 1. The Morgan fingerprint density at radius 1 is 0.952 bits per heavy atom. The van der Waals surface area contributed by atoms with Crippen LogP contribution in [0.15, 0.2) is 54.6 Å². The molecule has 2 aromatic rings. The summed E-state index contributed by atoms with van der Waals surface area (Å²) in [6.45, 7) is 4.63. The van der Waals surface area contributed by atoms with E-state index in [-0.39, 0.29) is 0 Å². The van der Waals surface area contributed by atoms with Crippen molar-refractivity contribution in [1.29, 1.82) is 0 Å². The lowest BCUT2D eigenvalue weighted by molar-refractivity contribution is 0.167. The zero-order chi connectivity index (χ0) is 14.5. The molecule has 110 valence electrons. The minimum atomic E-state index is 0.647. The van der Waals surface area contributed by atoms with Gasteiger partial charge in [0.15, 0.2) is 0 Å². The zero-order valence-electron chi connectivity index (χ0n) is 13.0. The van der Waals surface area contributed by atoms with Crippen LogP contribution < -0.4 is 0 Å². The second-order valence-corrected chi connectivity index (χ2v) is 6.14. The van der Waals surface area contributed by atoms with E-state index in [1.165, 1.54) is 43.4 Å². The molecule has 1 aliphatic rings. The minimum absolute atomic E-state index is 0.647. The topological polar surface area (TPSA) is 3.24 Å². The maximum Gasteiger partial charge on any atom is 0.0239 e. The van der Waals surface area contributed by atoms with Gasteiger partial charge in [-0.05, 0) is 42.5 Å². The summed E-state index contributed by atoms with van der Waals surface area (Å²) in [5.41, 5.74) is 4.53. The molecular formula is C20H25N. The van der Waals surface area contributed by atoms with Gasteiger partial charge < -0.3 is 0 Å². The van der Waals surface area contributed by atoms with E-state index in [0.717, 1.165) is 6.54 Å². The maximum atomic E-state index is 2.69. The van der Waals surface area contributed by atoms with Crippen molar-refractivity contribution in [3.63, 3.8) is 0 Å². The minimum Gasteiger partial charge on any atom is -0.295 e. The number of unbranched alkanes of at least 4 members (excludes halogenated alkanes) is 1. The third-order valence-corrected chi connectivity index (χ3v) is 4.58. The van der Waals surface area contributed by atoms with Crippen LogP contribution in [0.2, 0.25) is 0 Å². The summed E-state index contributed by atoms with van der Waals surface area (Å²) in [6.07, 6.45) is 4.93. The van der Waals surface area contributed by atoms with E-state index in [1.807, 2.05) is 0 Å². The molecule has 0 aliphatic carbocycles. The van der Waals surface area contributed by atoms with Crippen LogP contribution in [0, 0.1) is 0 Å². The van der Waals surface area contributed by atoms with Crippen molar-refractivity contribution >= 4 is 0 Å². The van der Waals surface area contributed by atoms with E-state index >= 15 is 0 Å². The standard InChI is InChI=1S/C20H25N/c1-2-3-13-21-16-19-12-8-7-11-18(19)15-20(21)14-17-9-5-4-6-10-17/h4-12,20H,2-3,13-16H2,1H3/t20-/m0/s1. The first-order valence-electron chi connectivity index (χ1n) is 8.21. The lowest BCUT2D eigenvalue weighted by Crippen LogP contribution is -2.42. The molecule has 1 heteroatoms. The summed E-state index contributed by atoms with van der Waals surface area (Å²) >= 11 is 0. The molecule has 0 saturated heterocycles. The Hall–Kier alpha value is -1.60. The van der Waals surface area contributed by atoms with Crippen LogP contribution in [-0.4, -0.2) is 17.5 Å². The van der Waals surface area contributed by atoms with Gasteiger partial charge in [-0.1, -0.05) is 67.9 Å². The van der Waals surface area contributed by atoms with Gasteiger partial charge >= 0.3 is 0 Å². The normalized spacial score (nSPS) is 18.4. The van der Waals surface area contributed by atoms with Gasteiger partial charge in [0.1, 0.15) is 0 Å². The third-order valence-electron chi connectivity index (χ3n) is 4.58. The molecular weight excluding hydrogens is 254 g/mol. The molecule has 0 aromatic heterocycles. The Balaban J connectivity index is 1.78. The SMILES string of the molecule is CCCCN1Cc2ccccc2C[C@@H]1Cc1ccccc1. The second-order valence-electron chi connectivity index (χ2n) is 6.14.